The zero-order valence-corrected chi connectivity index (χ0v) is 8.81. The molecule has 0 radical (unpaired) electrons. The van der Waals surface area contributed by atoms with E-state index in [1.165, 1.54) is 6.20 Å². The van der Waals surface area contributed by atoms with E-state index in [-0.39, 0.29) is 0 Å². The van der Waals surface area contributed by atoms with Crippen LogP contribution in [0.5, 0.6) is 0 Å². The molecule has 0 aromatic carbocycles. The average Bonchev–Trinajstić information content (AvgIpc) is 2.14. The van der Waals surface area contributed by atoms with Crippen molar-refractivity contribution in [1.29, 1.82) is 5.26 Å². The molecule has 2 fully saturated rings. The summed E-state index contributed by atoms with van der Waals surface area (Å²) in [6.45, 7) is 3.58. The number of hydrogen-bond acceptors (Lipinski definition) is 5. The number of ether oxygens (including phenoxy) is 1. The topological polar surface area (TPSA) is 75.2 Å². The van der Waals surface area contributed by atoms with Gasteiger partial charge in [-0.25, -0.2) is 4.98 Å². The van der Waals surface area contributed by atoms with E-state index in [9.17, 15) is 0 Å². The summed E-state index contributed by atoms with van der Waals surface area (Å²) in [4.78, 5) is 6.09. The fraction of sp³-hybridized carbons (Fsp3) is 0.455. The van der Waals surface area contributed by atoms with Crippen molar-refractivity contribution in [3.8, 4) is 6.07 Å². The predicted molar refractivity (Wildman–Crippen MR) is 58.8 cm³/mol. The van der Waals surface area contributed by atoms with Crippen molar-refractivity contribution < 1.29 is 4.74 Å². The number of hydrogen-bond donors (Lipinski definition) is 1. The van der Waals surface area contributed by atoms with Gasteiger partial charge in [0.15, 0.2) is 0 Å². The lowest BCUT2D eigenvalue weighted by molar-refractivity contribution is -0.127. The zero-order chi connectivity index (χ0) is 11.2. The van der Waals surface area contributed by atoms with Gasteiger partial charge in [0, 0.05) is 25.4 Å². The zero-order valence-electron chi connectivity index (χ0n) is 8.81. The van der Waals surface area contributed by atoms with Crippen molar-refractivity contribution in [2.45, 2.75) is 0 Å². The highest BCUT2D eigenvalue weighted by molar-refractivity contribution is 5.64. The maximum atomic E-state index is 9.00. The molecule has 3 heterocycles. The Balaban J connectivity index is 1.85. The number of anilines is 2. The van der Waals surface area contributed by atoms with Crippen molar-refractivity contribution in [3.05, 3.63) is 17.8 Å². The molecule has 0 amide bonds. The van der Waals surface area contributed by atoms with E-state index >= 15 is 0 Å². The highest BCUT2D eigenvalue weighted by Gasteiger charge is 2.49. The number of nitrogens with two attached hydrogens (primary N) is 1. The van der Waals surface area contributed by atoms with Gasteiger partial charge in [-0.2, -0.15) is 5.26 Å². The maximum absolute atomic E-state index is 9.00. The van der Waals surface area contributed by atoms with Crippen LogP contribution in [0.15, 0.2) is 12.3 Å². The quantitative estimate of drug-likeness (QED) is 0.734. The molecule has 3 rings (SSSR count). The molecule has 5 nitrogen and oxygen atoms in total. The lowest BCUT2D eigenvalue weighted by Gasteiger charge is -2.56. The van der Waals surface area contributed by atoms with E-state index < -0.39 is 0 Å². The van der Waals surface area contributed by atoms with Gasteiger partial charge < -0.3 is 15.4 Å². The highest BCUT2D eigenvalue weighted by Crippen LogP contribution is 2.41. The molecule has 0 bridgehead atoms. The molecule has 5 heteroatoms. The summed E-state index contributed by atoms with van der Waals surface area (Å²) in [6, 6.07) is 3.91. The lowest BCUT2D eigenvalue weighted by atomic mass is 9.77. The van der Waals surface area contributed by atoms with Crippen LogP contribution in [0.25, 0.3) is 0 Å². The van der Waals surface area contributed by atoms with E-state index in [1.807, 2.05) is 0 Å². The minimum atomic E-state index is 0.338. The first-order valence-electron chi connectivity index (χ1n) is 5.21. The number of pyridine rings is 1. The molecule has 0 unspecified atom stereocenters. The molecule has 1 spiro atoms. The summed E-state index contributed by atoms with van der Waals surface area (Å²) in [5.41, 5.74) is 7.46. The van der Waals surface area contributed by atoms with E-state index in [0.29, 0.717) is 16.8 Å². The second kappa shape index (κ2) is 3.09. The van der Waals surface area contributed by atoms with Crippen LogP contribution in [0.2, 0.25) is 0 Å². The van der Waals surface area contributed by atoms with Gasteiger partial charge in [-0.3, -0.25) is 0 Å². The maximum Gasteiger partial charge on any atom is 0.125 e. The first kappa shape index (κ1) is 9.43. The second-order valence-electron chi connectivity index (χ2n) is 4.59. The van der Waals surface area contributed by atoms with Gasteiger partial charge in [0.05, 0.1) is 29.9 Å². The smallest absolute Gasteiger partial charge is 0.125 e. The molecular formula is C11H12N4O. The molecule has 82 valence electrons. The van der Waals surface area contributed by atoms with E-state index in [4.69, 9.17) is 15.7 Å². The molecule has 2 aliphatic heterocycles. The fourth-order valence-electron chi connectivity index (χ4n) is 2.32. The summed E-state index contributed by atoms with van der Waals surface area (Å²) >= 11 is 0. The molecule has 2 aliphatic rings. The van der Waals surface area contributed by atoms with Crippen molar-refractivity contribution in [3.63, 3.8) is 0 Å². The molecule has 1 aromatic heterocycles. The Kier molecular flexibility index (Phi) is 1.82. The summed E-state index contributed by atoms with van der Waals surface area (Å²) < 4.78 is 5.22. The first-order chi connectivity index (χ1) is 7.72. The molecule has 0 atom stereocenters. The Morgan fingerprint density at radius 3 is 2.81 bits per heavy atom. The number of rotatable bonds is 1. The van der Waals surface area contributed by atoms with Crippen LogP contribution in [0.1, 0.15) is 5.56 Å². The lowest BCUT2D eigenvalue weighted by Crippen LogP contribution is -2.66. The third kappa shape index (κ3) is 1.24. The molecule has 0 saturated carbocycles. The number of nitriles is 1. The Labute approximate surface area is 93.4 Å². The SMILES string of the molecule is N#Cc1cnc(N)cc1N1CC2(COC2)C1. The van der Waals surface area contributed by atoms with Crippen LogP contribution in [0, 0.1) is 16.7 Å². The van der Waals surface area contributed by atoms with Crippen molar-refractivity contribution >= 4 is 11.5 Å². The number of nitrogens with zero attached hydrogens (tertiary/aromatic N) is 3. The van der Waals surface area contributed by atoms with Gasteiger partial charge in [0.2, 0.25) is 0 Å². The van der Waals surface area contributed by atoms with Gasteiger partial charge in [0.25, 0.3) is 0 Å². The summed E-state index contributed by atoms with van der Waals surface area (Å²) in [6.07, 6.45) is 1.53. The number of nitrogen functional groups attached to an aromatic ring is 1. The Hall–Kier alpha value is -1.80. The Morgan fingerprint density at radius 1 is 1.50 bits per heavy atom. The Bertz CT molecular complexity index is 467. The summed E-state index contributed by atoms with van der Waals surface area (Å²) in [7, 11) is 0. The van der Waals surface area contributed by atoms with Crippen molar-refractivity contribution in [2.75, 3.05) is 36.9 Å². The van der Waals surface area contributed by atoms with E-state index in [0.717, 1.165) is 32.0 Å². The van der Waals surface area contributed by atoms with Crippen molar-refractivity contribution in [2.24, 2.45) is 5.41 Å². The summed E-state index contributed by atoms with van der Waals surface area (Å²) in [5, 5.41) is 9.00. The Morgan fingerprint density at radius 2 is 2.25 bits per heavy atom. The number of aromatic nitrogens is 1. The third-order valence-electron chi connectivity index (χ3n) is 3.23. The highest BCUT2D eigenvalue weighted by atomic mass is 16.5. The van der Waals surface area contributed by atoms with Crippen LogP contribution in [0.3, 0.4) is 0 Å². The molecule has 2 N–H and O–H groups in total. The van der Waals surface area contributed by atoms with Gasteiger partial charge in [-0.15, -0.1) is 0 Å². The van der Waals surface area contributed by atoms with Crippen LogP contribution in [0.4, 0.5) is 11.5 Å². The fourth-order valence-corrected chi connectivity index (χ4v) is 2.32. The van der Waals surface area contributed by atoms with Crippen LogP contribution in [-0.2, 0) is 4.74 Å². The van der Waals surface area contributed by atoms with Crippen LogP contribution >= 0.6 is 0 Å². The molecule has 0 aliphatic carbocycles. The van der Waals surface area contributed by atoms with E-state index in [1.54, 1.807) is 6.07 Å². The van der Waals surface area contributed by atoms with Gasteiger partial charge in [-0.05, 0) is 0 Å². The standard InChI is InChI=1S/C11H12N4O/c12-2-8-3-14-10(13)1-9(8)15-4-11(5-15)6-16-7-11/h1,3H,4-7H2,(H2,13,14). The minimum Gasteiger partial charge on any atom is -0.384 e. The van der Waals surface area contributed by atoms with Crippen LogP contribution in [-0.4, -0.2) is 31.3 Å². The molecular weight excluding hydrogens is 204 g/mol. The van der Waals surface area contributed by atoms with Crippen LogP contribution < -0.4 is 10.6 Å². The van der Waals surface area contributed by atoms with E-state index in [2.05, 4.69) is 16.0 Å². The molecule has 16 heavy (non-hydrogen) atoms. The minimum absolute atomic E-state index is 0.338. The first-order valence-corrected chi connectivity index (χ1v) is 5.21. The van der Waals surface area contributed by atoms with Gasteiger partial charge >= 0.3 is 0 Å². The van der Waals surface area contributed by atoms with Crippen molar-refractivity contribution in [1.82, 2.24) is 4.98 Å². The van der Waals surface area contributed by atoms with Gasteiger partial charge in [-0.1, -0.05) is 0 Å². The molecule has 2 saturated heterocycles. The molecule has 1 aromatic rings. The monoisotopic (exact) mass is 216 g/mol. The second-order valence-corrected chi connectivity index (χ2v) is 4.59. The predicted octanol–water partition coefficient (Wildman–Crippen LogP) is 0.372. The third-order valence-corrected chi connectivity index (χ3v) is 3.23. The normalized spacial score (nSPS) is 21.1. The summed E-state index contributed by atoms with van der Waals surface area (Å²) in [5.74, 6) is 0.458. The average molecular weight is 216 g/mol. The van der Waals surface area contributed by atoms with Gasteiger partial charge in [0.1, 0.15) is 11.9 Å². The largest absolute Gasteiger partial charge is 0.384 e.